The van der Waals surface area contributed by atoms with E-state index in [0.717, 1.165) is 22.4 Å². The molecule has 2 aromatic carbocycles. The van der Waals surface area contributed by atoms with Gasteiger partial charge in [-0.1, -0.05) is 74.5 Å². The van der Waals surface area contributed by atoms with Gasteiger partial charge in [0.15, 0.2) is 6.29 Å². The second-order valence-electron chi connectivity index (χ2n) is 12.5. The summed E-state index contributed by atoms with van der Waals surface area (Å²) in [4.78, 5) is 44.2. The van der Waals surface area contributed by atoms with Crippen molar-refractivity contribution in [1.82, 2.24) is 20.9 Å². The third-order valence-electron chi connectivity index (χ3n) is 8.56. The predicted octanol–water partition coefficient (Wildman–Crippen LogP) is 3.97. The first-order valence-electron chi connectivity index (χ1n) is 16.3. The summed E-state index contributed by atoms with van der Waals surface area (Å²) in [6, 6.07) is 17.0. The first kappa shape index (κ1) is 35.3. The highest BCUT2D eigenvalue weighted by molar-refractivity contribution is 7.09. The second-order valence-corrected chi connectivity index (χ2v) is 13.5. The van der Waals surface area contributed by atoms with E-state index in [0.29, 0.717) is 19.4 Å². The lowest BCUT2D eigenvalue weighted by molar-refractivity contribution is -0.125. The van der Waals surface area contributed by atoms with Gasteiger partial charge in [0, 0.05) is 12.2 Å². The zero-order valence-corrected chi connectivity index (χ0v) is 28.0. The molecule has 0 bridgehead atoms. The van der Waals surface area contributed by atoms with E-state index in [4.69, 9.17) is 18.9 Å². The summed E-state index contributed by atoms with van der Waals surface area (Å²) in [5.74, 6) is -0.685. The maximum absolute atomic E-state index is 13.7. The number of thiazole rings is 1. The Morgan fingerprint density at radius 1 is 0.958 bits per heavy atom. The number of alkyl carbamates (subject to hydrolysis) is 2. The fourth-order valence-corrected chi connectivity index (χ4v) is 6.52. The summed E-state index contributed by atoms with van der Waals surface area (Å²) in [6.07, 6.45) is -0.00933. The highest BCUT2D eigenvalue weighted by Gasteiger charge is 2.44. The molecule has 2 saturated heterocycles. The van der Waals surface area contributed by atoms with Crippen LogP contribution in [0.15, 0.2) is 72.4 Å². The Kier molecular flexibility index (Phi) is 12.8. The molecule has 48 heavy (non-hydrogen) atoms. The van der Waals surface area contributed by atoms with Crippen molar-refractivity contribution in [1.29, 1.82) is 0 Å². The number of nitrogens with one attached hydrogen (secondary N) is 3. The molecule has 0 spiro atoms. The van der Waals surface area contributed by atoms with Crippen LogP contribution in [0.5, 0.6) is 0 Å². The number of hydrogen-bond donors (Lipinski definition) is 4. The number of nitrogens with zero attached hydrogens (tertiary/aromatic N) is 1. The largest absolute Gasteiger partial charge is 0.444 e. The minimum absolute atomic E-state index is 0.0220. The average Bonchev–Trinajstić information content (AvgIpc) is 3.84. The summed E-state index contributed by atoms with van der Waals surface area (Å²) in [5, 5.41) is 20.3. The first-order valence-corrected chi connectivity index (χ1v) is 17.2. The highest BCUT2D eigenvalue weighted by atomic mass is 32.1. The van der Waals surface area contributed by atoms with Gasteiger partial charge in [-0.2, -0.15) is 0 Å². The van der Waals surface area contributed by atoms with E-state index in [1.807, 2.05) is 74.5 Å². The number of hydrogen-bond acceptors (Lipinski definition) is 10. The van der Waals surface area contributed by atoms with E-state index in [1.165, 1.54) is 11.3 Å². The molecule has 0 saturated carbocycles. The van der Waals surface area contributed by atoms with Crippen LogP contribution in [0.2, 0.25) is 0 Å². The van der Waals surface area contributed by atoms with E-state index in [1.54, 1.807) is 11.7 Å². The van der Waals surface area contributed by atoms with Crippen LogP contribution in [0.25, 0.3) is 0 Å². The normalized spacial score (nSPS) is 21.0. The fraction of sp³-hybridized carbons (Fsp3) is 0.486. The molecule has 12 nitrogen and oxygen atoms in total. The highest BCUT2D eigenvalue weighted by Crippen LogP contribution is 2.33. The number of carbonyl (C=O) groups excluding carboxylic acids is 3. The van der Waals surface area contributed by atoms with E-state index >= 15 is 0 Å². The van der Waals surface area contributed by atoms with Crippen molar-refractivity contribution in [2.45, 2.75) is 82.8 Å². The fourth-order valence-electron chi connectivity index (χ4n) is 6.01. The molecule has 0 aliphatic carbocycles. The van der Waals surface area contributed by atoms with Crippen LogP contribution in [0.1, 0.15) is 42.7 Å². The summed E-state index contributed by atoms with van der Waals surface area (Å²) in [5.41, 5.74) is 3.52. The molecule has 0 unspecified atom stereocenters. The molecule has 3 amide bonds. The van der Waals surface area contributed by atoms with Crippen molar-refractivity contribution in [2.75, 3.05) is 13.2 Å². The number of ether oxygens (including phenoxy) is 4. The Morgan fingerprint density at radius 3 is 2.33 bits per heavy atom. The molecular formula is C35H44N4O8S. The number of aliphatic hydroxyl groups is 1. The van der Waals surface area contributed by atoms with E-state index in [-0.39, 0.29) is 37.8 Å². The van der Waals surface area contributed by atoms with Crippen molar-refractivity contribution in [3.8, 4) is 0 Å². The van der Waals surface area contributed by atoms with Crippen LogP contribution in [0, 0.1) is 11.8 Å². The molecule has 13 heteroatoms. The Morgan fingerprint density at radius 2 is 1.67 bits per heavy atom. The van der Waals surface area contributed by atoms with Crippen LogP contribution in [0.3, 0.4) is 0 Å². The summed E-state index contributed by atoms with van der Waals surface area (Å²) in [6.45, 7) is 4.52. The van der Waals surface area contributed by atoms with Gasteiger partial charge in [0.25, 0.3) is 0 Å². The molecule has 258 valence electrons. The minimum Gasteiger partial charge on any atom is -0.444 e. The SMILES string of the molecule is CC(C)[C@@H](NC(=O)OCc1cncs1)C(=O)N[C@@H](Cc1ccccc1)C[C@H](O)[C@H](Cc1ccccc1)NC(=O)O[C@H]1CO[C@H]2OCC[C@H]21. The molecule has 7 atom stereocenters. The van der Waals surface area contributed by atoms with Gasteiger partial charge >= 0.3 is 12.2 Å². The van der Waals surface area contributed by atoms with Gasteiger partial charge in [0.1, 0.15) is 18.8 Å². The number of fused-ring (bicyclic) bond motifs is 1. The van der Waals surface area contributed by atoms with Crippen molar-refractivity contribution in [3.63, 3.8) is 0 Å². The van der Waals surface area contributed by atoms with Gasteiger partial charge < -0.3 is 40.0 Å². The summed E-state index contributed by atoms with van der Waals surface area (Å²) >= 11 is 1.36. The van der Waals surface area contributed by atoms with E-state index < -0.39 is 48.4 Å². The molecule has 5 rings (SSSR count). The van der Waals surface area contributed by atoms with Crippen LogP contribution >= 0.6 is 11.3 Å². The standard InChI is InChI=1S/C35H44N4O8S/c1-22(2)31(39-34(42)46-19-26-18-36-21-48-26)32(41)37-25(15-23-9-5-3-6-10-23)17-29(40)28(16-24-11-7-4-8-12-24)38-35(43)47-30-20-45-33-27(30)13-14-44-33/h3-12,18,21-22,25,27-31,33,40H,13-17,19-20H2,1-2H3,(H,37,41)(H,38,43)(H,39,42)/t25-,27-,28-,29-,30-,31+,33+/m0/s1. The molecule has 2 aliphatic heterocycles. The van der Waals surface area contributed by atoms with Gasteiger partial charge in [-0.05, 0) is 42.7 Å². The molecular weight excluding hydrogens is 636 g/mol. The Balaban J connectivity index is 1.27. The van der Waals surface area contributed by atoms with Gasteiger partial charge in [0.05, 0.1) is 41.7 Å². The third-order valence-corrected chi connectivity index (χ3v) is 9.31. The maximum atomic E-state index is 13.7. The van der Waals surface area contributed by atoms with E-state index in [2.05, 4.69) is 20.9 Å². The van der Waals surface area contributed by atoms with Gasteiger partial charge in [-0.15, -0.1) is 11.3 Å². The van der Waals surface area contributed by atoms with Gasteiger partial charge in [0.2, 0.25) is 5.91 Å². The summed E-state index contributed by atoms with van der Waals surface area (Å²) in [7, 11) is 0. The van der Waals surface area contributed by atoms with Crippen LogP contribution in [-0.2, 0) is 43.2 Å². The van der Waals surface area contributed by atoms with Crippen LogP contribution in [-0.4, -0.2) is 78.0 Å². The average molecular weight is 681 g/mol. The Hall–Kier alpha value is -4.04. The third kappa shape index (κ3) is 10.2. The number of benzene rings is 2. The van der Waals surface area contributed by atoms with Gasteiger partial charge in [-0.3, -0.25) is 9.78 Å². The minimum atomic E-state index is -1.07. The lowest BCUT2D eigenvalue weighted by Crippen LogP contribution is -2.54. The number of carbonyl (C=O) groups is 3. The molecule has 1 aromatic heterocycles. The molecule has 0 radical (unpaired) electrons. The topological polar surface area (TPSA) is 157 Å². The quantitative estimate of drug-likeness (QED) is 0.187. The van der Waals surface area contributed by atoms with Crippen molar-refractivity contribution < 1.29 is 38.4 Å². The van der Waals surface area contributed by atoms with Crippen molar-refractivity contribution >= 4 is 29.4 Å². The summed E-state index contributed by atoms with van der Waals surface area (Å²) < 4.78 is 22.2. The first-order chi connectivity index (χ1) is 23.2. The maximum Gasteiger partial charge on any atom is 0.408 e. The molecule has 3 aromatic rings. The predicted molar refractivity (Wildman–Crippen MR) is 178 cm³/mol. The zero-order valence-electron chi connectivity index (χ0n) is 27.2. The lowest BCUT2D eigenvalue weighted by Gasteiger charge is -2.30. The lowest BCUT2D eigenvalue weighted by atomic mass is 9.93. The number of amides is 3. The van der Waals surface area contributed by atoms with Crippen molar-refractivity contribution in [3.05, 3.63) is 88.4 Å². The molecule has 2 aliphatic rings. The monoisotopic (exact) mass is 680 g/mol. The van der Waals surface area contributed by atoms with Crippen LogP contribution < -0.4 is 16.0 Å². The van der Waals surface area contributed by atoms with Gasteiger partial charge in [-0.25, -0.2) is 9.59 Å². The Labute approximate surface area is 284 Å². The number of aromatic nitrogens is 1. The Bertz CT molecular complexity index is 1450. The molecule has 2 fully saturated rings. The van der Waals surface area contributed by atoms with Crippen LogP contribution in [0.4, 0.5) is 9.59 Å². The molecule has 3 heterocycles. The zero-order chi connectivity index (χ0) is 33.9. The number of aliphatic hydroxyl groups excluding tert-OH is 1. The van der Waals surface area contributed by atoms with E-state index in [9.17, 15) is 19.5 Å². The van der Waals surface area contributed by atoms with Crippen molar-refractivity contribution in [2.24, 2.45) is 11.8 Å². The molecule has 4 N–H and O–H groups in total. The number of rotatable bonds is 15. The smallest absolute Gasteiger partial charge is 0.408 e. The second kappa shape index (κ2) is 17.4.